The first-order valence-corrected chi connectivity index (χ1v) is 8.29. The number of primary sulfonamides is 1. The fraction of sp³-hybridized carbons (Fsp3) is 0.462. The minimum absolute atomic E-state index is 0.0862. The van der Waals surface area contributed by atoms with Crippen molar-refractivity contribution in [1.29, 1.82) is 0 Å². The summed E-state index contributed by atoms with van der Waals surface area (Å²) in [6.45, 7) is 4.14. The third-order valence-electron chi connectivity index (χ3n) is 2.80. The van der Waals surface area contributed by atoms with Gasteiger partial charge in [0.1, 0.15) is 11.9 Å². The lowest BCUT2D eigenvalue weighted by molar-refractivity contribution is 0.139. The van der Waals surface area contributed by atoms with E-state index in [9.17, 15) is 17.6 Å². The Labute approximate surface area is 123 Å². The van der Waals surface area contributed by atoms with Crippen molar-refractivity contribution < 1.29 is 22.3 Å². The number of benzene rings is 1. The first kappa shape index (κ1) is 17.4. The first-order valence-electron chi connectivity index (χ1n) is 6.34. The predicted molar refractivity (Wildman–Crippen MR) is 78.1 cm³/mol. The molecule has 21 heavy (non-hydrogen) atoms. The van der Waals surface area contributed by atoms with E-state index in [0.717, 1.165) is 12.7 Å². The Morgan fingerprint density at radius 3 is 2.48 bits per heavy atom. The van der Waals surface area contributed by atoms with Gasteiger partial charge < -0.3 is 4.74 Å². The van der Waals surface area contributed by atoms with Gasteiger partial charge >= 0.3 is 6.09 Å². The van der Waals surface area contributed by atoms with Gasteiger partial charge in [-0.15, -0.1) is 0 Å². The van der Waals surface area contributed by atoms with Gasteiger partial charge in [0.25, 0.3) is 0 Å². The largest absolute Gasteiger partial charge is 0.444 e. The second-order valence-corrected chi connectivity index (χ2v) is 6.45. The molecule has 1 heterocycles. The standard InChI is InChI=1S/C12H14FNO2.CH5NO2S/c1-3-10-7-14(12(15)16-10)9-5-4-8(2)11(13)6-9;1-5(2,3)4/h4-6,10H,3,7H2,1-2H3;1H3,(H2,2,3,4)/t10-;/m0./s1. The zero-order valence-electron chi connectivity index (χ0n) is 12.2. The molecule has 0 saturated carbocycles. The van der Waals surface area contributed by atoms with Crippen LogP contribution in [0, 0.1) is 12.7 Å². The molecule has 1 aliphatic heterocycles. The molecule has 1 aromatic rings. The lowest BCUT2D eigenvalue weighted by Gasteiger charge is -2.13. The van der Waals surface area contributed by atoms with E-state index in [1.165, 1.54) is 11.0 Å². The molecule has 0 bridgehead atoms. The molecule has 2 N–H and O–H groups in total. The van der Waals surface area contributed by atoms with E-state index < -0.39 is 16.1 Å². The molecule has 1 fully saturated rings. The van der Waals surface area contributed by atoms with E-state index in [1.54, 1.807) is 19.1 Å². The van der Waals surface area contributed by atoms with Crippen LogP contribution in [-0.2, 0) is 14.8 Å². The summed E-state index contributed by atoms with van der Waals surface area (Å²) in [6.07, 6.45) is 1.23. The molecule has 8 heteroatoms. The maximum absolute atomic E-state index is 13.4. The molecular weight excluding hydrogens is 299 g/mol. The second-order valence-electron chi connectivity index (χ2n) is 4.79. The minimum Gasteiger partial charge on any atom is -0.444 e. The summed E-state index contributed by atoms with van der Waals surface area (Å²) in [5, 5.41) is 4.33. The number of nitrogens with two attached hydrogens (primary N) is 1. The highest BCUT2D eigenvalue weighted by Gasteiger charge is 2.31. The van der Waals surface area contributed by atoms with E-state index >= 15 is 0 Å². The Morgan fingerprint density at radius 2 is 2.05 bits per heavy atom. The summed E-state index contributed by atoms with van der Waals surface area (Å²) < 4.78 is 37.3. The maximum Gasteiger partial charge on any atom is 0.414 e. The Balaban J connectivity index is 0.000000383. The highest BCUT2D eigenvalue weighted by molar-refractivity contribution is 7.88. The van der Waals surface area contributed by atoms with Crippen LogP contribution in [0.1, 0.15) is 18.9 Å². The van der Waals surface area contributed by atoms with Gasteiger partial charge in [0.05, 0.1) is 18.5 Å². The van der Waals surface area contributed by atoms with Crippen LogP contribution in [0.5, 0.6) is 0 Å². The highest BCUT2D eigenvalue weighted by atomic mass is 32.2. The van der Waals surface area contributed by atoms with E-state index in [0.29, 0.717) is 17.8 Å². The number of anilines is 1. The van der Waals surface area contributed by atoms with Crippen molar-refractivity contribution in [2.24, 2.45) is 5.14 Å². The number of rotatable bonds is 2. The zero-order chi connectivity index (χ0) is 16.2. The number of hydrogen-bond donors (Lipinski definition) is 1. The average Bonchev–Trinajstić information content (AvgIpc) is 2.72. The van der Waals surface area contributed by atoms with E-state index in [1.807, 2.05) is 6.92 Å². The second kappa shape index (κ2) is 6.86. The fourth-order valence-electron chi connectivity index (χ4n) is 1.69. The van der Waals surface area contributed by atoms with Gasteiger partial charge in [-0.3, -0.25) is 4.90 Å². The van der Waals surface area contributed by atoms with Crippen molar-refractivity contribution in [2.45, 2.75) is 26.4 Å². The first-order chi connectivity index (χ1) is 9.61. The van der Waals surface area contributed by atoms with Crippen molar-refractivity contribution in [3.63, 3.8) is 0 Å². The number of carbonyl (C=O) groups excluding carboxylic acids is 1. The molecule has 1 aliphatic rings. The van der Waals surface area contributed by atoms with E-state index in [2.05, 4.69) is 5.14 Å². The Bertz CT molecular complexity index is 611. The lowest BCUT2D eigenvalue weighted by Crippen LogP contribution is -2.24. The zero-order valence-corrected chi connectivity index (χ0v) is 13.0. The summed E-state index contributed by atoms with van der Waals surface area (Å²) in [5.41, 5.74) is 1.13. The molecule has 0 spiro atoms. The molecule has 1 amide bonds. The number of nitrogens with zero attached hydrogens (tertiary/aromatic N) is 1. The molecule has 6 nitrogen and oxygen atoms in total. The van der Waals surface area contributed by atoms with Crippen molar-refractivity contribution in [2.75, 3.05) is 17.7 Å². The normalized spacial score (nSPS) is 18.0. The number of halogens is 1. The van der Waals surface area contributed by atoms with Gasteiger partial charge in [-0.25, -0.2) is 22.7 Å². The molecule has 2 rings (SSSR count). The van der Waals surface area contributed by atoms with Crippen molar-refractivity contribution in [3.8, 4) is 0 Å². The SMILES string of the molecule is CC[C@H]1CN(c2ccc(C)c(F)c2)C(=O)O1.CS(N)(=O)=O. The van der Waals surface area contributed by atoms with Crippen LogP contribution in [0.3, 0.4) is 0 Å². The number of amides is 1. The van der Waals surface area contributed by atoms with Gasteiger partial charge in [0.2, 0.25) is 10.0 Å². The summed E-state index contributed by atoms with van der Waals surface area (Å²) in [5.74, 6) is -0.301. The molecule has 0 radical (unpaired) electrons. The van der Waals surface area contributed by atoms with Gasteiger partial charge in [-0.1, -0.05) is 13.0 Å². The van der Waals surface area contributed by atoms with Gasteiger partial charge in [0.15, 0.2) is 0 Å². The van der Waals surface area contributed by atoms with Crippen LogP contribution in [0.4, 0.5) is 14.9 Å². The summed E-state index contributed by atoms with van der Waals surface area (Å²) >= 11 is 0. The van der Waals surface area contributed by atoms with Crippen LogP contribution in [0.15, 0.2) is 18.2 Å². The predicted octanol–water partition coefficient (Wildman–Crippen LogP) is 1.77. The van der Waals surface area contributed by atoms with Crippen molar-refractivity contribution in [1.82, 2.24) is 0 Å². The molecule has 1 saturated heterocycles. The average molecular weight is 318 g/mol. The van der Waals surface area contributed by atoms with Crippen molar-refractivity contribution >= 4 is 21.8 Å². The number of hydrogen-bond acceptors (Lipinski definition) is 4. The summed E-state index contributed by atoms with van der Waals surface area (Å²) in [7, 11) is -3.17. The summed E-state index contributed by atoms with van der Waals surface area (Å²) in [4.78, 5) is 13.0. The minimum atomic E-state index is -3.17. The van der Waals surface area contributed by atoms with Crippen molar-refractivity contribution in [3.05, 3.63) is 29.6 Å². The third-order valence-corrected chi connectivity index (χ3v) is 2.80. The Kier molecular flexibility index (Phi) is 5.68. The van der Waals surface area contributed by atoms with Gasteiger partial charge in [-0.05, 0) is 31.0 Å². The summed E-state index contributed by atoms with van der Waals surface area (Å²) in [6, 6.07) is 4.77. The van der Waals surface area contributed by atoms with Gasteiger partial charge in [-0.2, -0.15) is 0 Å². The quantitative estimate of drug-likeness (QED) is 0.900. The Morgan fingerprint density at radius 1 is 1.48 bits per heavy atom. The monoisotopic (exact) mass is 318 g/mol. The smallest absolute Gasteiger partial charge is 0.414 e. The van der Waals surface area contributed by atoms with Crippen LogP contribution in [0.2, 0.25) is 0 Å². The Hall–Kier alpha value is -1.67. The molecular formula is C13H19FN2O4S. The van der Waals surface area contributed by atoms with Crippen LogP contribution in [0.25, 0.3) is 0 Å². The number of sulfonamides is 1. The highest BCUT2D eigenvalue weighted by Crippen LogP contribution is 2.24. The molecule has 1 atom stereocenters. The maximum atomic E-state index is 13.4. The molecule has 0 aliphatic carbocycles. The topological polar surface area (TPSA) is 89.7 Å². The third kappa shape index (κ3) is 5.68. The van der Waals surface area contributed by atoms with Crippen LogP contribution in [-0.4, -0.2) is 33.4 Å². The lowest BCUT2D eigenvalue weighted by atomic mass is 10.2. The molecule has 118 valence electrons. The fourth-order valence-corrected chi connectivity index (χ4v) is 1.69. The van der Waals surface area contributed by atoms with Crippen LogP contribution >= 0.6 is 0 Å². The van der Waals surface area contributed by atoms with E-state index in [4.69, 9.17) is 4.74 Å². The number of ether oxygens (including phenoxy) is 1. The van der Waals surface area contributed by atoms with Crippen LogP contribution < -0.4 is 10.0 Å². The van der Waals surface area contributed by atoms with Gasteiger partial charge in [0, 0.05) is 0 Å². The van der Waals surface area contributed by atoms with E-state index in [-0.39, 0.29) is 11.9 Å². The molecule has 1 aromatic carbocycles. The molecule has 0 aromatic heterocycles. The number of carbonyl (C=O) groups is 1. The number of aryl methyl sites for hydroxylation is 1. The molecule has 0 unspecified atom stereocenters. The number of cyclic esters (lactones) is 1.